The number of nitrogens with zero attached hydrogens (tertiary/aromatic N) is 1. The highest BCUT2D eigenvalue weighted by Crippen LogP contribution is 2.05. The van der Waals surface area contributed by atoms with Crippen LogP contribution in [0.15, 0.2) is 17.3 Å². The zero-order valence-corrected chi connectivity index (χ0v) is 4.62. The van der Waals surface area contributed by atoms with Crippen molar-refractivity contribution >= 4 is 6.21 Å². The Morgan fingerprint density at radius 2 is 2.62 bits per heavy atom. The van der Waals surface area contributed by atoms with Crippen molar-refractivity contribution in [2.75, 3.05) is 6.61 Å². The minimum Gasteiger partial charge on any atom is -0.396 e. The Kier molecular flexibility index (Phi) is 1.80. The van der Waals surface area contributed by atoms with Crippen LogP contribution >= 0.6 is 0 Å². The average Bonchev–Trinajstić information content (AvgIpc) is 1.90. The average molecular weight is 111 g/mol. The summed E-state index contributed by atoms with van der Waals surface area (Å²) < 4.78 is 0. The van der Waals surface area contributed by atoms with E-state index in [1.165, 1.54) is 0 Å². The summed E-state index contributed by atoms with van der Waals surface area (Å²) in [5.41, 5.74) is 0. The van der Waals surface area contributed by atoms with Crippen LogP contribution in [0.3, 0.4) is 0 Å². The predicted molar refractivity (Wildman–Crippen MR) is 32.8 cm³/mol. The Hall–Kier alpha value is -0.630. The van der Waals surface area contributed by atoms with Crippen molar-refractivity contribution in [3.05, 3.63) is 12.3 Å². The topological polar surface area (TPSA) is 32.6 Å². The molecule has 0 aliphatic carbocycles. The molecule has 0 spiro atoms. The fourth-order valence-corrected chi connectivity index (χ4v) is 0.642. The van der Waals surface area contributed by atoms with Crippen LogP contribution in [-0.4, -0.2) is 17.9 Å². The van der Waals surface area contributed by atoms with Gasteiger partial charge in [0.05, 0.1) is 0 Å². The van der Waals surface area contributed by atoms with Gasteiger partial charge < -0.3 is 5.11 Å². The summed E-state index contributed by atoms with van der Waals surface area (Å²) in [4.78, 5) is 3.86. The number of rotatable bonds is 1. The molecule has 0 saturated heterocycles. The molecule has 8 heavy (non-hydrogen) atoms. The summed E-state index contributed by atoms with van der Waals surface area (Å²) in [6, 6.07) is 0. The molecule has 0 amide bonds. The van der Waals surface area contributed by atoms with E-state index in [0.29, 0.717) is 5.92 Å². The molecule has 2 heteroatoms. The maximum atomic E-state index is 8.58. The van der Waals surface area contributed by atoms with E-state index in [1.807, 2.05) is 12.3 Å². The lowest BCUT2D eigenvalue weighted by molar-refractivity contribution is 0.256. The molecule has 0 aromatic rings. The molecule has 0 unspecified atom stereocenters. The Morgan fingerprint density at radius 3 is 3.00 bits per heavy atom. The smallest absolute Gasteiger partial charge is 0.0498 e. The molecule has 1 atom stereocenters. The van der Waals surface area contributed by atoms with E-state index in [0.717, 1.165) is 6.42 Å². The number of hydrogen-bond donors (Lipinski definition) is 1. The largest absolute Gasteiger partial charge is 0.396 e. The number of aliphatic hydroxyl groups excluding tert-OH is 1. The summed E-state index contributed by atoms with van der Waals surface area (Å²) in [7, 11) is 0. The second-order valence-electron chi connectivity index (χ2n) is 1.85. The molecule has 44 valence electrons. The van der Waals surface area contributed by atoms with E-state index in [9.17, 15) is 0 Å². The Labute approximate surface area is 48.6 Å². The third-order valence-electron chi connectivity index (χ3n) is 1.19. The lowest BCUT2D eigenvalue weighted by atomic mass is 10.1. The van der Waals surface area contributed by atoms with Gasteiger partial charge in [-0.3, -0.25) is 4.99 Å². The monoisotopic (exact) mass is 111 g/mol. The first kappa shape index (κ1) is 5.51. The van der Waals surface area contributed by atoms with Crippen LogP contribution in [0.2, 0.25) is 0 Å². The molecule has 1 heterocycles. The lowest BCUT2D eigenvalue weighted by Gasteiger charge is -2.05. The quantitative estimate of drug-likeness (QED) is 0.527. The normalized spacial score (nSPS) is 26.4. The summed E-state index contributed by atoms with van der Waals surface area (Å²) >= 11 is 0. The molecule has 1 rings (SSSR count). The zero-order valence-electron chi connectivity index (χ0n) is 4.62. The van der Waals surface area contributed by atoms with Crippen molar-refractivity contribution in [2.45, 2.75) is 6.42 Å². The highest BCUT2D eigenvalue weighted by Gasteiger charge is 2.01. The fraction of sp³-hybridized carbons (Fsp3) is 0.500. The van der Waals surface area contributed by atoms with Crippen LogP contribution in [0.4, 0.5) is 0 Å². The molecular weight excluding hydrogens is 102 g/mol. The lowest BCUT2D eigenvalue weighted by Crippen LogP contribution is -2.04. The predicted octanol–water partition coefficient (Wildman–Crippen LogP) is 0.583. The first-order valence-corrected chi connectivity index (χ1v) is 2.72. The molecule has 0 saturated carbocycles. The Balaban J connectivity index is 2.40. The molecular formula is C6H9NO. The van der Waals surface area contributed by atoms with Gasteiger partial charge in [0, 0.05) is 24.9 Å². The molecule has 2 nitrogen and oxygen atoms in total. The first-order valence-electron chi connectivity index (χ1n) is 2.72. The van der Waals surface area contributed by atoms with Crippen LogP contribution in [-0.2, 0) is 0 Å². The van der Waals surface area contributed by atoms with Gasteiger partial charge in [-0.15, -0.1) is 0 Å². The Morgan fingerprint density at radius 1 is 1.75 bits per heavy atom. The second kappa shape index (κ2) is 2.62. The van der Waals surface area contributed by atoms with E-state index >= 15 is 0 Å². The SMILES string of the molecule is OC[C@H]1C=CN=CC1. The molecule has 0 aromatic heterocycles. The Bertz CT molecular complexity index is 118. The zero-order chi connectivity index (χ0) is 5.82. The summed E-state index contributed by atoms with van der Waals surface area (Å²) in [6.45, 7) is 0.239. The van der Waals surface area contributed by atoms with Crippen LogP contribution in [0.5, 0.6) is 0 Å². The van der Waals surface area contributed by atoms with E-state index < -0.39 is 0 Å². The van der Waals surface area contributed by atoms with Crippen molar-refractivity contribution in [3.63, 3.8) is 0 Å². The van der Waals surface area contributed by atoms with Crippen molar-refractivity contribution < 1.29 is 5.11 Å². The van der Waals surface area contributed by atoms with Gasteiger partial charge in [0.1, 0.15) is 0 Å². The van der Waals surface area contributed by atoms with Crippen molar-refractivity contribution in [1.82, 2.24) is 0 Å². The summed E-state index contributed by atoms with van der Waals surface area (Å²) in [5.74, 6) is 0.312. The number of aliphatic hydroxyl groups is 1. The molecule has 0 radical (unpaired) electrons. The van der Waals surface area contributed by atoms with Gasteiger partial charge in [0.2, 0.25) is 0 Å². The number of hydrogen-bond acceptors (Lipinski definition) is 2. The van der Waals surface area contributed by atoms with Gasteiger partial charge in [-0.05, 0) is 6.42 Å². The molecule has 0 aromatic carbocycles. The maximum Gasteiger partial charge on any atom is 0.0498 e. The van der Waals surface area contributed by atoms with Gasteiger partial charge in [-0.1, -0.05) is 6.08 Å². The summed E-state index contributed by atoms with van der Waals surface area (Å²) in [6.07, 6.45) is 6.35. The first-order chi connectivity index (χ1) is 3.93. The minimum atomic E-state index is 0.239. The highest BCUT2D eigenvalue weighted by atomic mass is 16.3. The minimum absolute atomic E-state index is 0.239. The molecule has 0 fully saturated rings. The standard InChI is InChI=1S/C6H9NO/c8-5-6-1-3-7-4-2-6/h1,3-4,6,8H,2,5H2/t6-/m0/s1. The van der Waals surface area contributed by atoms with Gasteiger partial charge in [0.25, 0.3) is 0 Å². The van der Waals surface area contributed by atoms with Crippen molar-refractivity contribution in [3.8, 4) is 0 Å². The second-order valence-corrected chi connectivity index (χ2v) is 1.85. The van der Waals surface area contributed by atoms with E-state index in [4.69, 9.17) is 5.11 Å². The third kappa shape index (κ3) is 1.17. The molecule has 1 aliphatic rings. The van der Waals surface area contributed by atoms with E-state index in [1.54, 1.807) is 6.20 Å². The van der Waals surface area contributed by atoms with Crippen molar-refractivity contribution in [1.29, 1.82) is 0 Å². The van der Waals surface area contributed by atoms with E-state index in [2.05, 4.69) is 4.99 Å². The van der Waals surface area contributed by atoms with E-state index in [-0.39, 0.29) is 6.61 Å². The van der Waals surface area contributed by atoms with Crippen LogP contribution in [0.25, 0.3) is 0 Å². The van der Waals surface area contributed by atoms with Gasteiger partial charge in [-0.2, -0.15) is 0 Å². The maximum absolute atomic E-state index is 8.58. The number of aliphatic imine (C=N–C) groups is 1. The van der Waals surface area contributed by atoms with Crippen molar-refractivity contribution in [2.24, 2.45) is 10.9 Å². The van der Waals surface area contributed by atoms with Crippen LogP contribution in [0.1, 0.15) is 6.42 Å². The summed E-state index contributed by atoms with van der Waals surface area (Å²) in [5, 5.41) is 8.58. The van der Waals surface area contributed by atoms with Crippen LogP contribution < -0.4 is 0 Å². The van der Waals surface area contributed by atoms with Gasteiger partial charge >= 0.3 is 0 Å². The molecule has 1 N–H and O–H groups in total. The third-order valence-corrected chi connectivity index (χ3v) is 1.19. The highest BCUT2D eigenvalue weighted by molar-refractivity contribution is 5.60. The fourth-order valence-electron chi connectivity index (χ4n) is 0.642. The molecule has 1 aliphatic heterocycles. The van der Waals surface area contributed by atoms with Gasteiger partial charge in [-0.25, -0.2) is 0 Å². The van der Waals surface area contributed by atoms with Crippen LogP contribution in [0, 0.1) is 5.92 Å². The van der Waals surface area contributed by atoms with Gasteiger partial charge in [0.15, 0.2) is 0 Å². The molecule has 0 bridgehead atoms.